The van der Waals surface area contributed by atoms with E-state index in [-0.39, 0.29) is 18.2 Å². The normalized spacial score (nSPS) is 15.2. The molecule has 0 unspecified atom stereocenters. The van der Waals surface area contributed by atoms with Gasteiger partial charge in [-0.3, -0.25) is 20.2 Å². The largest absolute Gasteiger partial charge is 0.485 e. The summed E-state index contributed by atoms with van der Waals surface area (Å²) in [6.07, 6.45) is -0.787. The average Bonchev–Trinajstić information content (AvgIpc) is 3.16. The van der Waals surface area contributed by atoms with Crippen LogP contribution < -0.4 is 14.8 Å². The smallest absolute Gasteiger partial charge is 0.270 e. The number of ether oxygens (including phenoxy) is 2. The van der Waals surface area contributed by atoms with Gasteiger partial charge in [0.25, 0.3) is 11.6 Å². The standard InChI is InChI=1S/C18H13N3O5S/c22-17(16-9-25-14-6-1-2-7-15(14)26-16)20-18-19-13(10-27-18)11-4-3-5-12(8-11)21(23)24/h1-8,10,16H,9H2,(H,19,20,22)/t16-/m0/s1. The molecule has 2 heterocycles. The molecule has 136 valence electrons. The number of carbonyl (C=O) groups is 1. The van der Waals surface area contributed by atoms with E-state index in [1.165, 1.54) is 23.5 Å². The number of amides is 1. The van der Waals surface area contributed by atoms with Gasteiger partial charge in [0.1, 0.15) is 6.61 Å². The van der Waals surface area contributed by atoms with Gasteiger partial charge in [-0.1, -0.05) is 24.3 Å². The second kappa shape index (κ2) is 7.04. The Labute approximate surface area is 157 Å². The maximum absolute atomic E-state index is 12.4. The summed E-state index contributed by atoms with van der Waals surface area (Å²) in [5, 5.41) is 15.7. The molecule has 0 aliphatic carbocycles. The summed E-state index contributed by atoms with van der Waals surface area (Å²) in [6, 6.07) is 13.3. The molecule has 0 radical (unpaired) electrons. The van der Waals surface area contributed by atoms with Crippen molar-refractivity contribution in [3.05, 3.63) is 64.0 Å². The lowest BCUT2D eigenvalue weighted by atomic mass is 10.1. The molecule has 1 aliphatic heterocycles. The van der Waals surface area contributed by atoms with Gasteiger partial charge in [0.05, 0.1) is 10.6 Å². The maximum atomic E-state index is 12.4. The number of hydrogen-bond acceptors (Lipinski definition) is 7. The van der Waals surface area contributed by atoms with Crippen molar-refractivity contribution in [2.45, 2.75) is 6.10 Å². The third-order valence-corrected chi connectivity index (χ3v) is 4.65. The van der Waals surface area contributed by atoms with E-state index in [0.717, 1.165) is 0 Å². The number of benzene rings is 2. The van der Waals surface area contributed by atoms with E-state index in [1.807, 2.05) is 6.07 Å². The molecule has 1 amide bonds. The minimum absolute atomic E-state index is 0.0162. The number of nitro groups is 1. The molecule has 9 heteroatoms. The molecule has 0 fully saturated rings. The molecule has 8 nitrogen and oxygen atoms in total. The van der Waals surface area contributed by atoms with Crippen LogP contribution >= 0.6 is 11.3 Å². The minimum Gasteiger partial charge on any atom is -0.485 e. The number of thiazole rings is 1. The first kappa shape index (κ1) is 17.0. The summed E-state index contributed by atoms with van der Waals surface area (Å²) >= 11 is 1.23. The fourth-order valence-electron chi connectivity index (χ4n) is 2.58. The molecule has 1 aliphatic rings. The molecule has 4 rings (SSSR count). The van der Waals surface area contributed by atoms with Crippen LogP contribution in [-0.4, -0.2) is 28.5 Å². The van der Waals surface area contributed by atoms with Crippen molar-refractivity contribution in [1.29, 1.82) is 0 Å². The third kappa shape index (κ3) is 3.58. The second-order valence-corrected chi connectivity index (χ2v) is 6.56. The number of rotatable bonds is 4. The quantitative estimate of drug-likeness (QED) is 0.546. The van der Waals surface area contributed by atoms with Crippen LogP contribution in [0, 0.1) is 10.1 Å². The van der Waals surface area contributed by atoms with Crippen LogP contribution in [0.2, 0.25) is 0 Å². The average molecular weight is 383 g/mol. The number of aromatic nitrogens is 1. The van der Waals surface area contributed by atoms with Crippen molar-refractivity contribution in [1.82, 2.24) is 4.98 Å². The first-order valence-electron chi connectivity index (χ1n) is 8.00. The van der Waals surface area contributed by atoms with Gasteiger partial charge in [-0.15, -0.1) is 11.3 Å². The minimum atomic E-state index is -0.787. The van der Waals surface area contributed by atoms with Gasteiger partial charge in [-0.2, -0.15) is 0 Å². The van der Waals surface area contributed by atoms with E-state index in [2.05, 4.69) is 10.3 Å². The van der Waals surface area contributed by atoms with Crippen molar-refractivity contribution >= 4 is 28.1 Å². The molecule has 1 N–H and O–H groups in total. The lowest BCUT2D eigenvalue weighted by Crippen LogP contribution is -2.40. The highest BCUT2D eigenvalue weighted by Gasteiger charge is 2.28. The topological polar surface area (TPSA) is 104 Å². The number of nitro benzene ring substituents is 1. The zero-order chi connectivity index (χ0) is 18.8. The Morgan fingerprint density at radius 2 is 2.04 bits per heavy atom. The van der Waals surface area contributed by atoms with Crippen molar-refractivity contribution in [3.8, 4) is 22.8 Å². The Bertz CT molecular complexity index is 1020. The predicted molar refractivity (Wildman–Crippen MR) is 99.2 cm³/mol. The number of nitrogens with zero attached hydrogens (tertiary/aromatic N) is 2. The highest BCUT2D eigenvalue weighted by molar-refractivity contribution is 7.14. The maximum Gasteiger partial charge on any atom is 0.270 e. The summed E-state index contributed by atoms with van der Waals surface area (Å²) in [7, 11) is 0. The lowest BCUT2D eigenvalue weighted by molar-refractivity contribution is -0.384. The molecular formula is C18H13N3O5S. The molecule has 2 aromatic carbocycles. The summed E-state index contributed by atoms with van der Waals surface area (Å²) in [5.74, 6) is 0.744. The van der Waals surface area contributed by atoms with E-state index >= 15 is 0 Å². The molecule has 0 saturated carbocycles. The summed E-state index contributed by atoms with van der Waals surface area (Å²) in [4.78, 5) is 27.2. The number of para-hydroxylation sites is 2. The molecule has 0 bridgehead atoms. The van der Waals surface area contributed by atoms with Gasteiger partial charge in [0, 0.05) is 23.1 Å². The number of carbonyl (C=O) groups excluding carboxylic acids is 1. The van der Waals surface area contributed by atoms with Gasteiger partial charge in [0.15, 0.2) is 16.6 Å². The molecule has 0 saturated heterocycles. The molecule has 3 aromatic rings. The van der Waals surface area contributed by atoms with Crippen LogP contribution in [0.4, 0.5) is 10.8 Å². The Morgan fingerprint density at radius 3 is 2.85 bits per heavy atom. The zero-order valence-electron chi connectivity index (χ0n) is 13.8. The lowest BCUT2D eigenvalue weighted by Gasteiger charge is -2.25. The zero-order valence-corrected chi connectivity index (χ0v) is 14.6. The van der Waals surface area contributed by atoms with E-state index < -0.39 is 11.0 Å². The molecule has 1 aromatic heterocycles. The van der Waals surface area contributed by atoms with Crippen LogP contribution in [-0.2, 0) is 4.79 Å². The van der Waals surface area contributed by atoms with Gasteiger partial charge in [0.2, 0.25) is 6.10 Å². The van der Waals surface area contributed by atoms with Gasteiger partial charge in [-0.25, -0.2) is 4.98 Å². The number of anilines is 1. The second-order valence-electron chi connectivity index (χ2n) is 5.70. The fraction of sp³-hybridized carbons (Fsp3) is 0.111. The molecule has 1 atom stereocenters. The predicted octanol–water partition coefficient (Wildman–Crippen LogP) is 3.50. The first-order valence-corrected chi connectivity index (χ1v) is 8.88. The molecule has 0 spiro atoms. The summed E-state index contributed by atoms with van der Waals surface area (Å²) in [5.41, 5.74) is 1.13. The monoisotopic (exact) mass is 383 g/mol. The van der Waals surface area contributed by atoms with E-state index in [0.29, 0.717) is 27.9 Å². The highest BCUT2D eigenvalue weighted by atomic mass is 32.1. The highest BCUT2D eigenvalue weighted by Crippen LogP contribution is 2.32. The van der Waals surface area contributed by atoms with E-state index in [4.69, 9.17) is 9.47 Å². The fourth-order valence-corrected chi connectivity index (χ4v) is 3.30. The first-order chi connectivity index (χ1) is 13.1. The van der Waals surface area contributed by atoms with Crippen molar-refractivity contribution in [3.63, 3.8) is 0 Å². The van der Waals surface area contributed by atoms with Crippen LogP contribution in [0.15, 0.2) is 53.9 Å². The van der Waals surface area contributed by atoms with Crippen molar-refractivity contribution < 1.29 is 19.2 Å². The van der Waals surface area contributed by atoms with Crippen LogP contribution in [0.25, 0.3) is 11.3 Å². The van der Waals surface area contributed by atoms with Crippen LogP contribution in [0.1, 0.15) is 0 Å². The SMILES string of the molecule is O=C(Nc1nc(-c2cccc([N+](=O)[O-])c2)cs1)[C@@H]1COc2ccccc2O1. The van der Waals surface area contributed by atoms with E-state index in [1.54, 1.807) is 35.7 Å². The van der Waals surface area contributed by atoms with Crippen LogP contribution in [0.5, 0.6) is 11.5 Å². The Kier molecular flexibility index (Phi) is 4.43. The van der Waals surface area contributed by atoms with Gasteiger partial charge >= 0.3 is 0 Å². The Hall–Kier alpha value is -3.46. The Balaban J connectivity index is 1.46. The number of fused-ring (bicyclic) bond motifs is 1. The summed E-state index contributed by atoms with van der Waals surface area (Å²) in [6.45, 7) is 0.103. The Morgan fingerprint density at radius 1 is 1.22 bits per heavy atom. The number of nitrogens with one attached hydrogen (secondary N) is 1. The van der Waals surface area contributed by atoms with Crippen LogP contribution in [0.3, 0.4) is 0 Å². The number of hydrogen-bond donors (Lipinski definition) is 1. The molecular weight excluding hydrogens is 370 g/mol. The third-order valence-electron chi connectivity index (χ3n) is 3.89. The van der Waals surface area contributed by atoms with Gasteiger partial charge in [-0.05, 0) is 12.1 Å². The number of non-ortho nitro benzene ring substituents is 1. The summed E-state index contributed by atoms with van der Waals surface area (Å²) < 4.78 is 11.2. The van der Waals surface area contributed by atoms with E-state index in [9.17, 15) is 14.9 Å². The molecule has 27 heavy (non-hydrogen) atoms. The van der Waals surface area contributed by atoms with Crippen molar-refractivity contribution in [2.75, 3.05) is 11.9 Å². The van der Waals surface area contributed by atoms with Gasteiger partial charge < -0.3 is 9.47 Å². The van der Waals surface area contributed by atoms with Crippen molar-refractivity contribution in [2.24, 2.45) is 0 Å².